The van der Waals surface area contributed by atoms with Crippen molar-refractivity contribution in [2.45, 2.75) is 6.54 Å². The molecule has 9 nitrogen and oxygen atoms in total. The zero-order chi connectivity index (χ0) is 25.1. The summed E-state index contributed by atoms with van der Waals surface area (Å²) in [5.41, 5.74) is 1.04. The summed E-state index contributed by atoms with van der Waals surface area (Å²) in [4.78, 5) is 32.6. The highest BCUT2D eigenvalue weighted by Crippen LogP contribution is 2.39. The summed E-state index contributed by atoms with van der Waals surface area (Å²) in [6.45, 7) is 0.255. The minimum atomic E-state index is -1.20. The number of carbonyl (C=O) groups is 1. The molecule has 0 fully saturated rings. The van der Waals surface area contributed by atoms with E-state index in [9.17, 15) is 14.7 Å². The molecule has 0 bridgehead atoms. The summed E-state index contributed by atoms with van der Waals surface area (Å²) in [6, 6.07) is 11.2. The second kappa shape index (κ2) is 10.0. The number of carboxylic acid groups (broad SMARTS) is 1. The predicted molar refractivity (Wildman–Crippen MR) is 129 cm³/mol. The quantitative estimate of drug-likeness (QED) is 0.386. The molecule has 2 aromatic heterocycles. The fourth-order valence-corrected chi connectivity index (χ4v) is 3.97. The Labute approximate surface area is 208 Å². The highest BCUT2D eigenvalue weighted by molar-refractivity contribution is 6.33. The molecule has 0 saturated heterocycles. The van der Waals surface area contributed by atoms with Gasteiger partial charge in [-0.1, -0.05) is 23.2 Å². The van der Waals surface area contributed by atoms with Gasteiger partial charge in [-0.15, -0.1) is 0 Å². The van der Waals surface area contributed by atoms with Gasteiger partial charge in [-0.05, 0) is 42.0 Å². The Morgan fingerprint density at radius 3 is 2.71 bits per heavy atom. The van der Waals surface area contributed by atoms with Gasteiger partial charge >= 0.3 is 5.97 Å². The first-order valence-corrected chi connectivity index (χ1v) is 10.9. The largest absolute Gasteiger partial charge is 0.494 e. The fourth-order valence-electron chi connectivity index (χ4n) is 3.50. The predicted octanol–water partition coefficient (Wildman–Crippen LogP) is 4.42. The lowest BCUT2D eigenvalue weighted by molar-refractivity contribution is 0.0693. The van der Waals surface area contributed by atoms with Crippen molar-refractivity contribution >= 4 is 40.1 Å². The molecular formula is C24H16Cl2N4O5. The minimum absolute atomic E-state index is 0.0466. The van der Waals surface area contributed by atoms with Crippen molar-refractivity contribution in [2.24, 2.45) is 0 Å². The Kier molecular flexibility index (Phi) is 6.87. The SMILES string of the molecule is COc1c(Cl)cc(-c2cc(Cl)ccc2OCCn2cnc3cnc(C#N)cc3c2=O)cc1C(=O)O. The molecule has 176 valence electrons. The molecule has 35 heavy (non-hydrogen) atoms. The van der Waals surface area contributed by atoms with Crippen molar-refractivity contribution in [1.82, 2.24) is 14.5 Å². The molecule has 4 aromatic rings. The van der Waals surface area contributed by atoms with Gasteiger partial charge < -0.3 is 14.6 Å². The third-order valence-corrected chi connectivity index (χ3v) is 5.66. The van der Waals surface area contributed by atoms with Crippen LogP contribution in [-0.4, -0.2) is 39.3 Å². The van der Waals surface area contributed by atoms with E-state index in [2.05, 4.69) is 9.97 Å². The number of benzene rings is 2. The number of rotatable bonds is 7. The van der Waals surface area contributed by atoms with Gasteiger partial charge in [0, 0.05) is 10.6 Å². The Bertz CT molecular complexity index is 1560. The lowest BCUT2D eigenvalue weighted by Gasteiger charge is -2.15. The van der Waals surface area contributed by atoms with Gasteiger partial charge in [-0.25, -0.2) is 14.8 Å². The van der Waals surface area contributed by atoms with E-state index < -0.39 is 5.97 Å². The molecule has 0 saturated carbocycles. The maximum absolute atomic E-state index is 12.8. The smallest absolute Gasteiger partial charge is 0.339 e. The number of halogens is 2. The van der Waals surface area contributed by atoms with E-state index in [1.165, 1.54) is 36.3 Å². The molecule has 4 rings (SSSR count). The standard InChI is InChI=1S/C24H16Cl2N4O5/c1-34-22-18(24(32)33)6-13(7-19(22)26)16-8-14(25)2-3-21(16)35-5-4-30-12-29-20-11-28-15(10-27)9-17(20)23(30)31/h2-3,6-9,11-12H,4-5H2,1H3,(H,32,33). The molecule has 0 spiro atoms. The average molecular weight is 511 g/mol. The maximum atomic E-state index is 12.8. The summed E-state index contributed by atoms with van der Waals surface area (Å²) in [7, 11) is 1.34. The molecule has 2 heterocycles. The fraction of sp³-hybridized carbons (Fsp3) is 0.125. The zero-order valence-corrected chi connectivity index (χ0v) is 19.7. The lowest BCUT2D eigenvalue weighted by Crippen LogP contribution is -2.23. The number of hydrogen-bond donors (Lipinski definition) is 1. The molecular weight excluding hydrogens is 495 g/mol. The van der Waals surface area contributed by atoms with Crippen LogP contribution < -0.4 is 15.0 Å². The number of methoxy groups -OCH3 is 1. The summed E-state index contributed by atoms with van der Waals surface area (Å²) < 4.78 is 12.4. The van der Waals surface area contributed by atoms with E-state index in [1.54, 1.807) is 24.3 Å². The zero-order valence-electron chi connectivity index (χ0n) is 18.2. The maximum Gasteiger partial charge on any atom is 0.339 e. The van der Waals surface area contributed by atoms with E-state index in [0.29, 0.717) is 27.4 Å². The molecule has 0 radical (unpaired) electrons. The van der Waals surface area contributed by atoms with E-state index in [1.807, 2.05) is 6.07 Å². The Hall–Kier alpha value is -4.13. The van der Waals surface area contributed by atoms with Gasteiger partial charge in [-0.3, -0.25) is 9.36 Å². The van der Waals surface area contributed by atoms with E-state index in [-0.39, 0.29) is 46.1 Å². The van der Waals surface area contributed by atoms with Crippen LogP contribution in [0.15, 0.2) is 53.7 Å². The third kappa shape index (κ3) is 4.89. The number of aromatic carboxylic acids is 1. The van der Waals surface area contributed by atoms with E-state index >= 15 is 0 Å². The number of nitrogens with zero attached hydrogens (tertiary/aromatic N) is 4. The Balaban J connectivity index is 1.63. The second-order valence-corrected chi connectivity index (χ2v) is 8.12. The van der Waals surface area contributed by atoms with Gasteiger partial charge in [0.25, 0.3) is 5.56 Å². The number of ether oxygens (including phenoxy) is 2. The summed E-state index contributed by atoms with van der Waals surface area (Å²) in [6.07, 6.45) is 2.76. The van der Waals surface area contributed by atoms with E-state index in [4.69, 9.17) is 37.9 Å². The normalized spacial score (nSPS) is 10.7. The van der Waals surface area contributed by atoms with Crippen molar-refractivity contribution in [3.63, 3.8) is 0 Å². The molecule has 0 amide bonds. The number of hydrogen-bond acceptors (Lipinski definition) is 7. The van der Waals surface area contributed by atoms with Crippen LogP contribution in [0.1, 0.15) is 16.1 Å². The van der Waals surface area contributed by atoms with E-state index in [0.717, 1.165) is 0 Å². The third-order valence-electron chi connectivity index (χ3n) is 5.15. The van der Waals surface area contributed by atoms with Crippen LogP contribution in [0.4, 0.5) is 0 Å². The first-order valence-electron chi connectivity index (χ1n) is 10.1. The van der Waals surface area contributed by atoms with Gasteiger partial charge in [0.15, 0.2) is 5.75 Å². The minimum Gasteiger partial charge on any atom is -0.494 e. The van der Waals surface area contributed by atoms with Gasteiger partial charge in [-0.2, -0.15) is 5.26 Å². The van der Waals surface area contributed by atoms with Gasteiger partial charge in [0.1, 0.15) is 29.7 Å². The molecule has 0 unspecified atom stereocenters. The molecule has 1 N–H and O–H groups in total. The number of fused-ring (bicyclic) bond motifs is 1. The molecule has 2 aromatic carbocycles. The molecule has 0 aliphatic rings. The molecule has 11 heteroatoms. The average Bonchev–Trinajstić information content (AvgIpc) is 2.85. The van der Waals surface area contributed by atoms with Crippen LogP contribution in [0, 0.1) is 11.3 Å². The molecule has 0 atom stereocenters. The number of aromatic nitrogens is 3. The summed E-state index contributed by atoms with van der Waals surface area (Å²) in [5.74, 6) is -0.747. The van der Waals surface area contributed by atoms with Crippen LogP contribution in [0.5, 0.6) is 11.5 Å². The van der Waals surface area contributed by atoms with Crippen molar-refractivity contribution in [3.8, 4) is 28.7 Å². The first kappa shape index (κ1) is 24.0. The number of carboxylic acids is 1. The van der Waals surface area contributed by atoms with Crippen LogP contribution >= 0.6 is 23.2 Å². The van der Waals surface area contributed by atoms with Gasteiger partial charge in [0.2, 0.25) is 0 Å². The van der Waals surface area contributed by atoms with Gasteiger partial charge in [0.05, 0.1) is 42.1 Å². The van der Waals surface area contributed by atoms with Crippen molar-refractivity contribution in [1.29, 1.82) is 5.26 Å². The monoisotopic (exact) mass is 510 g/mol. The second-order valence-electron chi connectivity index (χ2n) is 7.27. The van der Waals surface area contributed by atoms with Crippen molar-refractivity contribution in [3.05, 3.63) is 80.6 Å². The van der Waals surface area contributed by atoms with Crippen LogP contribution in [-0.2, 0) is 6.54 Å². The highest BCUT2D eigenvalue weighted by atomic mass is 35.5. The van der Waals surface area contributed by atoms with Crippen LogP contribution in [0.25, 0.3) is 22.0 Å². The summed E-state index contributed by atoms with van der Waals surface area (Å²) >= 11 is 12.4. The topological polar surface area (TPSA) is 127 Å². The summed E-state index contributed by atoms with van der Waals surface area (Å²) in [5, 5.41) is 19.4. The Morgan fingerprint density at radius 2 is 2.00 bits per heavy atom. The lowest BCUT2D eigenvalue weighted by atomic mass is 10.0. The van der Waals surface area contributed by atoms with Crippen molar-refractivity contribution < 1.29 is 19.4 Å². The molecule has 0 aliphatic heterocycles. The highest BCUT2D eigenvalue weighted by Gasteiger charge is 2.19. The first-order chi connectivity index (χ1) is 16.8. The van der Waals surface area contributed by atoms with Crippen LogP contribution in [0.3, 0.4) is 0 Å². The van der Waals surface area contributed by atoms with Crippen molar-refractivity contribution in [2.75, 3.05) is 13.7 Å². The Morgan fingerprint density at radius 1 is 1.20 bits per heavy atom. The van der Waals surface area contributed by atoms with Crippen LogP contribution in [0.2, 0.25) is 10.0 Å². The number of pyridine rings is 1. The number of nitriles is 1. The molecule has 0 aliphatic carbocycles.